The summed E-state index contributed by atoms with van der Waals surface area (Å²) in [7, 11) is 0.318. The first-order chi connectivity index (χ1) is 17.5. The number of carbonyl (C=O) groups is 1. The minimum atomic E-state index is -3.48. The van der Waals surface area contributed by atoms with Gasteiger partial charge >= 0.3 is 5.97 Å². The number of esters is 1. The highest BCUT2D eigenvalue weighted by Crippen LogP contribution is 2.26. The highest BCUT2D eigenvalue weighted by Gasteiger charge is 2.20. The number of nitrogen functional groups attached to an aromatic ring is 1. The lowest BCUT2D eigenvalue weighted by Crippen LogP contribution is -2.36. The third-order valence-electron chi connectivity index (χ3n) is 5.94. The monoisotopic (exact) mass is 600 g/mol. The van der Waals surface area contributed by atoms with Gasteiger partial charge in [0.25, 0.3) is 0 Å². The summed E-state index contributed by atoms with van der Waals surface area (Å²) in [4.78, 5) is 18.7. The van der Waals surface area contributed by atoms with Gasteiger partial charge in [0.15, 0.2) is 0 Å². The Kier molecular flexibility index (Phi) is 13.2. The lowest BCUT2D eigenvalue weighted by molar-refractivity contribution is -0.143. The normalized spacial score (nSPS) is 11.1. The molecule has 39 heavy (non-hydrogen) atoms. The molecule has 0 atom stereocenters. The van der Waals surface area contributed by atoms with E-state index in [1.165, 1.54) is 10.6 Å². The van der Waals surface area contributed by atoms with Gasteiger partial charge in [0.05, 0.1) is 29.6 Å². The molecule has 1 aromatic heterocycles. The molecule has 0 bridgehead atoms. The number of nitrogens with one attached hydrogen (secondary N) is 1. The molecule has 0 saturated heterocycles. The average Bonchev–Trinajstić information content (AvgIpc) is 3.15. The van der Waals surface area contributed by atoms with Crippen LogP contribution in [0.15, 0.2) is 42.5 Å². The quantitative estimate of drug-likeness (QED) is 0.174. The molecule has 0 radical (unpaired) electrons. The molecule has 3 rings (SSSR count). The van der Waals surface area contributed by atoms with Gasteiger partial charge in [-0.1, -0.05) is 24.3 Å². The van der Waals surface area contributed by atoms with Crippen molar-refractivity contribution in [2.45, 2.75) is 32.7 Å². The molecule has 216 valence electrons. The number of imidazole rings is 1. The molecule has 0 aliphatic heterocycles. The second-order valence-electron chi connectivity index (χ2n) is 9.19. The molecule has 0 aliphatic carbocycles. The van der Waals surface area contributed by atoms with Crippen LogP contribution >= 0.6 is 24.8 Å². The van der Waals surface area contributed by atoms with Crippen LogP contribution in [0.4, 0.5) is 5.69 Å². The van der Waals surface area contributed by atoms with Crippen LogP contribution < -0.4 is 10.0 Å². The summed E-state index contributed by atoms with van der Waals surface area (Å²) in [6, 6.07) is 12.9. The van der Waals surface area contributed by atoms with Gasteiger partial charge in [-0.3, -0.25) is 14.5 Å². The summed E-state index contributed by atoms with van der Waals surface area (Å²) in [6.07, 6.45) is 2.61. The molecule has 13 heteroatoms. The van der Waals surface area contributed by atoms with Crippen LogP contribution in [0.5, 0.6) is 0 Å². The number of halogens is 2. The Balaban J connectivity index is 0.00000380. The number of likely N-dealkylation sites (N-methyl/N-ethyl adjacent to an activating group) is 1. The largest absolute Gasteiger partial charge is 0.466 e. The van der Waals surface area contributed by atoms with Crippen LogP contribution in [0, 0.1) is 5.41 Å². The highest BCUT2D eigenvalue weighted by atomic mass is 35.5. The fourth-order valence-corrected chi connectivity index (χ4v) is 4.99. The topological polar surface area (TPSA) is 135 Å². The van der Waals surface area contributed by atoms with Crippen molar-refractivity contribution in [2.75, 3.05) is 44.4 Å². The van der Waals surface area contributed by atoms with E-state index in [2.05, 4.69) is 4.57 Å². The predicted molar refractivity (Wildman–Crippen MR) is 161 cm³/mol. The highest BCUT2D eigenvalue weighted by molar-refractivity contribution is 7.92. The second-order valence-corrected chi connectivity index (χ2v) is 11.1. The number of anilines is 1. The number of hydrogen-bond donors (Lipinski definition) is 2. The fraction of sp³-hybridized carbons (Fsp3) is 0.423. The van der Waals surface area contributed by atoms with Gasteiger partial charge in [-0.2, -0.15) is 0 Å². The zero-order valence-electron chi connectivity index (χ0n) is 22.7. The van der Waals surface area contributed by atoms with Crippen molar-refractivity contribution in [1.82, 2.24) is 14.5 Å². The summed E-state index contributed by atoms with van der Waals surface area (Å²) in [5.74, 6) is 0.570. The van der Waals surface area contributed by atoms with Crippen molar-refractivity contribution in [3.05, 3.63) is 59.4 Å². The zero-order chi connectivity index (χ0) is 27.2. The number of aryl methyl sites for hydroxylation is 1. The van der Waals surface area contributed by atoms with E-state index in [1.54, 1.807) is 31.2 Å². The first kappa shape index (κ1) is 34.2. The number of benzene rings is 2. The molecule has 3 N–H and O–H groups in total. The van der Waals surface area contributed by atoms with E-state index in [0.717, 1.165) is 16.9 Å². The van der Waals surface area contributed by atoms with Crippen molar-refractivity contribution in [3.8, 4) is 0 Å². The molecule has 0 unspecified atom stereocenters. The van der Waals surface area contributed by atoms with Gasteiger partial charge in [0.1, 0.15) is 11.7 Å². The van der Waals surface area contributed by atoms with Crippen LogP contribution in [0.2, 0.25) is 0 Å². The second kappa shape index (κ2) is 15.1. The fourth-order valence-electron chi connectivity index (χ4n) is 4.08. The van der Waals surface area contributed by atoms with Crippen molar-refractivity contribution < 1.29 is 17.9 Å². The molecular weight excluding hydrogens is 563 g/mol. The third kappa shape index (κ3) is 9.38. The number of fused-ring (bicyclic) bond motifs is 1. The number of carbonyl (C=O) groups excluding carboxylic acids is 1. The lowest BCUT2D eigenvalue weighted by Gasteiger charge is -2.24. The Bertz CT molecular complexity index is 1360. The van der Waals surface area contributed by atoms with E-state index < -0.39 is 10.0 Å². The van der Waals surface area contributed by atoms with Crippen LogP contribution in [-0.2, 0) is 32.5 Å². The zero-order valence-corrected chi connectivity index (χ0v) is 25.2. The molecule has 0 fully saturated rings. The minimum Gasteiger partial charge on any atom is -0.466 e. The molecule has 3 aromatic rings. The van der Waals surface area contributed by atoms with Gasteiger partial charge in [-0.15, -0.1) is 24.8 Å². The number of amidine groups is 1. The van der Waals surface area contributed by atoms with Crippen molar-refractivity contribution >= 4 is 63.4 Å². The average molecular weight is 602 g/mol. The molecule has 0 amide bonds. The standard InChI is InChI=1S/C26H36N6O4S.2ClH/c1-5-36-25(33)7-6-14-31-23-13-12-21(32(37(4,34)35)16-15-30(2)3)18-22(23)29-24(31)17-19-8-10-20(11-9-19)26(27)28;;/h8-13,18H,5-7,14-17H2,1-4H3,(H3,27,28);2*1H. The molecule has 10 nitrogen and oxygen atoms in total. The predicted octanol–water partition coefficient (Wildman–Crippen LogP) is 3.43. The van der Waals surface area contributed by atoms with Crippen LogP contribution in [0.3, 0.4) is 0 Å². The van der Waals surface area contributed by atoms with Gasteiger partial charge in [-0.05, 0) is 51.2 Å². The van der Waals surface area contributed by atoms with E-state index in [1.807, 2.05) is 37.2 Å². The number of hydrogen-bond acceptors (Lipinski definition) is 7. The van der Waals surface area contributed by atoms with Gasteiger partial charge in [-0.25, -0.2) is 13.4 Å². The Morgan fingerprint density at radius 2 is 1.77 bits per heavy atom. The van der Waals surface area contributed by atoms with Gasteiger partial charge in [0.2, 0.25) is 10.0 Å². The minimum absolute atomic E-state index is 0. The van der Waals surface area contributed by atoms with Crippen LogP contribution in [0.1, 0.15) is 36.7 Å². The molecular formula is C26H38Cl2N6O4S. The Hall–Kier alpha value is -2.86. The van der Waals surface area contributed by atoms with Gasteiger partial charge < -0.3 is 19.9 Å². The lowest BCUT2D eigenvalue weighted by atomic mass is 10.1. The van der Waals surface area contributed by atoms with E-state index in [0.29, 0.717) is 62.3 Å². The van der Waals surface area contributed by atoms with E-state index >= 15 is 0 Å². The van der Waals surface area contributed by atoms with E-state index in [4.69, 9.17) is 20.9 Å². The van der Waals surface area contributed by atoms with Gasteiger partial charge in [0, 0.05) is 38.0 Å². The van der Waals surface area contributed by atoms with Crippen molar-refractivity contribution in [3.63, 3.8) is 0 Å². The Morgan fingerprint density at radius 1 is 1.10 bits per heavy atom. The number of sulfonamides is 1. The number of nitrogens with two attached hydrogens (primary N) is 1. The summed E-state index contributed by atoms with van der Waals surface area (Å²) in [5, 5.41) is 7.60. The molecule has 1 heterocycles. The Morgan fingerprint density at radius 3 is 2.33 bits per heavy atom. The Labute approximate surface area is 242 Å². The first-order valence-electron chi connectivity index (χ1n) is 12.2. The molecule has 0 spiro atoms. The summed E-state index contributed by atoms with van der Waals surface area (Å²) in [6.45, 7) is 3.60. The van der Waals surface area contributed by atoms with Crippen molar-refractivity contribution in [2.24, 2.45) is 5.73 Å². The summed E-state index contributed by atoms with van der Waals surface area (Å²) < 4.78 is 33.6. The molecule has 2 aromatic carbocycles. The summed E-state index contributed by atoms with van der Waals surface area (Å²) in [5.41, 5.74) is 9.33. The van der Waals surface area contributed by atoms with E-state index in [9.17, 15) is 13.2 Å². The van der Waals surface area contributed by atoms with Crippen molar-refractivity contribution in [1.29, 1.82) is 5.41 Å². The smallest absolute Gasteiger partial charge is 0.305 e. The number of rotatable bonds is 13. The van der Waals surface area contributed by atoms with Crippen LogP contribution in [0.25, 0.3) is 11.0 Å². The number of nitrogens with zero attached hydrogens (tertiary/aromatic N) is 4. The summed E-state index contributed by atoms with van der Waals surface area (Å²) >= 11 is 0. The number of aromatic nitrogens is 2. The first-order valence-corrected chi connectivity index (χ1v) is 14.0. The SMILES string of the molecule is CCOC(=O)CCCn1c(Cc2ccc(C(=N)N)cc2)nc2cc(N(CCN(C)C)S(C)(=O)=O)ccc21.Cl.Cl. The van der Waals surface area contributed by atoms with E-state index in [-0.39, 0.29) is 36.6 Å². The maximum absolute atomic E-state index is 12.5. The molecule has 0 aliphatic rings. The maximum atomic E-state index is 12.5. The maximum Gasteiger partial charge on any atom is 0.305 e. The third-order valence-corrected chi connectivity index (χ3v) is 7.14. The van der Waals surface area contributed by atoms with Crippen LogP contribution in [-0.4, -0.2) is 74.7 Å². The number of ether oxygens (including phenoxy) is 1. The molecule has 0 saturated carbocycles.